The molecule has 6 heteroatoms. The first-order valence-electron chi connectivity index (χ1n) is 6.60. The van der Waals surface area contributed by atoms with Gasteiger partial charge in [-0.25, -0.2) is 4.98 Å². The molecule has 1 aromatic heterocycles. The quantitative estimate of drug-likeness (QED) is 0.598. The van der Waals surface area contributed by atoms with Crippen LogP contribution in [-0.4, -0.2) is 36.6 Å². The molecule has 1 aliphatic heterocycles. The van der Waals surface area contributed by atoms with E-state index in [9.17, 15) is 9.59 Å². The second-order valence-electron chi connectivity index (χ2n) is 5.25. The van der Waals surface area contributed by atoms with Gasteiger partial charge in [0.1, 0.15) is 17.2 Å². The van der Waals surface area contributed by atoms with Gasteiger partial charge in [-0.05, 0) is 31.9 Å². The first-order valence-corrected chi connectivity index (χ1v) is 6.60. The highest BCUT2D eigenvalue weighted by Gasteiger charge is 2.60. The monoisotopic (exact) mass is 276 g/mol. The standard InChI is InChI=1S/C14H16N2O4/c1-9-8-16(10-4-3-7-15-11(10)20-9)12(17)14(5-6-14)13(18)19-2/h3-4,7,9H,5-6,8H2,1-2H3/t9-/m1/s1. The average Bonchev–Trinajstić information content (AvgIpc) is 3.26. The Labute approximate surface area is 116 Å². The summed E-state index contributed by atoms with van der Waals surface area (Å²) >= 11 is 0. The van der Waals surface area contributed by atoms with Gasteiger partial charge in [-0.15, -0.1) is 0 Å². The van der Waals surface area contributed by atoms with Gasteiger partial charge in [0.05, 0.1) is 13.7 Å². The highest BCUT2D eigenvalue weighted by atomic mass is 16.5. The van der Waals surface area contributed by atoms with Gasteiger partial charge in [-0.2, -0.15) is 0 Å². The number of rotatable bonds is 2. The number of nitrogens with zero attached hydrogens (tertiary/aromatic N) is 2. The Morgan fingerprint density at radius 3 is 2.90 bits per heavy atom. The van der Waals surface area contributed by atoms with Crippen LogP contribution in [0.1, 0.15) is 19.8 Å². The van der Waals surface area contributed by atoms with Crippen molar-refractivity contribution >= 4 is 17.6 Å². The summed E-state index contributed by atoms with van der Waals surface area (Å²) in [6.07, 6.45) is 2.54. The lowest BCUT2D eigenvalue weighted by Crippen LogP contribution is -2.48. The fraction of sp³-hybridized carbons (Fsp3) is 0.500. The molecular weight excluding hydrogens is 260 g/mol. The third kappa shape index (κ3) is 1.83. The maximum atomic E-state index is 12.7. The number of aromatic nitrogens is 1. The van der Waals surface area contributed by atoms with E-state index in [0.29, 0.717) is 31.0 Å². The van der Waals surface area contributed by atoms with Gasteiger partial charge >= 0.3 is 5.97 Å². The third-order valence-electron chi connectivity index (χ3n) is 3.78. The average molecular weight is 276 g/mol. The van der Waals surface area contributed by atoms with Crippen LogP contribution in [0.15, 0.2) is 18.3 Å². The Bertz CT molecular complexity index is 568. The van der Waals surface area contributed by atoms with Gasteiger partial charge in [0, 0.05) is 6.20 Å². The predicted octanol–water partition coefficient (Wildman–Crippen LogP) is 1.15. The minimum absolute atomic E-state index is 0.158. The topological polar surface area (TPSA) is 68.7 Å². The summed E-state index contributed by atoms with van der Waals surface area (Å²) in [7, 11) is 1.31. The van der Waals surface area contributed by atoms with Crippen LogP contribution >= 0.6 is 0 Å². The molecule has 1 aromatic rings. The number of fused-ring (bicyclic) bond motifs is 1. The molecule has 0 unspecified atom stereocenters. The van der Waals surface area contributed by atoms with E-state index in [0.717, 1.165) is 0 Å². The number of ether oxygens (including phenoxy) is 2. The molecule has 1 atom stereocenters. The molecule has 2 aliphatic rings. The number of hydrogen-bond acceptors (Lipinski definition) is 5. The summed E-state index contributed by atoms with van der Waals surface area (Å²) in [4.78, 5) is 30.3. The lowest BCUT2D eigenvalue weighted by Gasteiger charge is -2.34. The van der Waals surface area contributed by atoms with E-state index in [1.54, 1.807) is 23.2 Å². The first-order chi connectivity index (χ1) is 9.58. The molecular formula is C14H16N2O4. The second-order valence-corrected chi connectivity index (χ2v) is 5.25. The molecule has 2 heterocycles. The second kappa shape index (κ2) is 4.47. The highest BCUT2D eigenvalue weighted by molar-refractivity contribution is 6.13. The van der Waals surface area contributed by atoms with E-state index in [-0.39, 0.29) is 12.0 Å². The molecule has 0 saturated heterocycles. The summed E-state index contributed by atoms with van der Waals surface area (Å²) in [6, 6.07) is 3.52. The summed E-state index contributed by atoms with van der Waals surface area (Å²) in [5.41, 5.74) is -0.385. The predicted molar refractivity (Wildman–Crippen MR) is 70.4 cm³/mol. The van der Waals surface area contributed by atoms with E-state index in [1.807, 2.05) is 6.92 Å². The van der Waals surface area contributed by atoms with E-state index in [4.69, 9.17) is 9.47 Å². The Hall–Kier alpha value is -2.11. The Kier molecular flexibility index (Phi) is 2.88. The SMILES string of the molecule is COC(=O)C1(C(=O)N2C[C@@H](C)Oc3ncccc32)CC1. The smallest absolute Gasteiger partial charge is 0.321 e. The number of methoxy groups -OCH3 is 1. The van der Waals surface area contributed by atoms with Crippen molar-refractivity contribution in [2.24, 2.45) is 5.41 Å². The van der Waals surface area contributed by atoms with Gasteiger partial charge in [0.25, 0.3) is 0 Å². The van der Waals surface area contributed by atoms with Crippen LogP contribution in [0, 0.1) is 5.41 Å². The van der Waals surface area contributed by atoms with Gasteiger partial charge < -0.3 is 14.4 Å². The maximum Gasteiger partial charge on any atom is 0.321 e. The normalized spacial score (nSPS) is 22.5. The maximum absolute atomic E-state index is 12.7. The van der Waals surface area contributed by atoms with Gasteiger partial charge in [-0.3, -0.25) is 9.59 Å². The van der Waals surface area contributed by atoms with E-state index in [1.165, 1.54) is 7.11 Å². The molecule has 1 saturated carbocycles. The van der Waals surface area contributed by atoms with Gasteiger partial charge in [-0.1, -0.05) is 0 Å². The minimum Gasteiger partial charge on any atom is -0.471 e. The largest absolute Gasteiger partial charge is 0.471 e. The van der Waals surface area contributed by atoms with E-state index in [2.05, 4.69) is 4.98 Å². The zero-order valence-electron chi connectivity index (χ0n) is 11.5. The molecule has 0 bridgehead atoms. The van der Waals surface area contributed by atoms with E-state index >= 15 is 0 Å². The zero-order valence-corrected chi connectivity index (χ0v) is 11.5. The fourth-order valence-electron chi connectivity index (χ4n) is 2.54. The highest BCUT2D eigenvalue weighted by Crippen LogP contribution is 2.49. The van der Waals surface area contributed by atoms with Crippen molar-refractivity contribution in [2.45, 2.75) is 25.9 Å². The van der Waals surface area contributed by atoms with Crippen molar-refractivity contribution in [1.29, 1.82) is 0 Å². The van der Waals surface area contributed by atoms with Crippen molar-refractivity contribution in [2.75, 3.05) is 18.6 Å². The number of carbonyl (C=O) groups is 2. The number of pyridine rings is 1. The number of amides is 1. The van der Waals surface area contributed by atoms with Crippen molar-refractivity contribution < 1.29 is 19.1 Å². The lowest BCUT2D eigenvalue weighted by molar-refractivity contribution is -0.151. The van der Waals surface area contributed by atoms with Crippen LogP contribution in [0.5, 0.6) is 5.88 Å². The Balaban J connectivity index is 1.95. The van der Waals surface area contributed by atoms with Crippen LogP contribution in [0.2, 0.25) is 0 Å². The molecule has 0 spiro atoms. The van der Waals surface area contributed by atoms with Gasteiger partial charge in [0.15, 0.2) is 0 Å². The van der Waals surface area contributed by atoms with Crippen molar-refractivity contribution in [3.8, 4) is 5.88 Å². The third-order valence-corrected chi connectivity index (χ3v) is 3.78. The van der Waals surface area contributed by atoms with Gasteiger partial charge in [0.2, 0.25) is 11.8 Å². The molecule has 6 nitrogen and oxygen atoms in total. The van der Waals surface area contributed by atoms with Crippen molar-refractivity contribution in [1.82, 2.24) is 4.98 Å². The summed E-state index contributed by atoms with van der Waals surface area (Å²) in [6.45, 7) is 2.28. The number of anilines is 1. The minimum atomic E-state index is -1.00. The fourth-order valence-corrected chi connectivity index (χ4v) is 2.54. The van der Waals surface area contributed by atoms with E-state index < -0.39 is 11.4 Å². The summed E-state index contributed by atoms with van der Waals surface area (Å²) in [5, 5.41) is 0. The zero-order chi connectivity index (χ0) is 14.3. The molecule has 0 N–H and O–H groups in total. The molecule has 20 heavy (non-hydrogen) atoms. The van der Waals surface area contributed by atoms with Crippen LogP contribution < -0.4 is 9.64 Å². The summed E-state index contributed by atoms with van der Waals surface area (Å²) in [5.74, 6) is -0.235. The molecule has 3 rings (SSSR count). The molecule has 1 aliphatic carbocycles. The van der Waals surface area contributed by atoms with Crippen LogP contribution in [0.4, 0.5) is 5.69 Å². The van der Waals surface area contributed by atoms with Crippen LogP contribution in [-0.2, 0) is 14.3 Å². The Morgan fingerprint density at radius 1 is 1.50 bits per heavy atom. The first kappa shape index (κ1) is 12.9. The van der Waals surface area contributed by atoms with Crippen molar-refractivity contribution in [3.05, 3.63) is 18.3 Å². The van der Waals surface area contributed by atoms with Crippen LogP contribution in [0.25, 0.3) is 0 Å². The Morgan fingerprint density at radius 2 is 2.25 bits per heavy atom. The lowest BCUT2D eigenvalue weighted by atomic mass is 10.0. The summed E-state index contributed by atoms with van der Waals surface area (Å²) < 4.78 is 10.4. The van der Waals surface area contributed by atoms with Crippen molar-refractivity contribution in [3.63, 3.8) is 0 Å². The molecule has 0 radical (unpaired) electrons. The number of esters is 1. The molecule has 1 amide bonds. The molecule has 1 fully saturated rings. The number of carbonyl (C=O) groups excluding carboxylic acids is 2. The molecule has 0 aromatic carbocycles. The number of hydrogen-bond donors (Lipinski definition) is 0. The molecule has 106 valence electrons. The van der Waals surface area contributed by atoms with Crippen LogP contribution in [0.3, 0.4) is 0 Å².